The van der Waals surface area contributed by atoms with E-state index in [2.05, 4.69) is 43.5 Å². The fourth-order valence-electron chi connectivity index (χ4n) is 8.15. The van der Waals surface area contributed by atoms with Crippen molar-refractivity contribution in [2.75, 3.05) is 19.8 Å². The van der Waals surface area contributed by atoms with Crippen molar-refractivity contribution in [3.05, 3.63) is 36.5 Å². The van der Waals surface area contributed by atoms with Gasteiger partial charge in [0.1, 0.15) is 24.4 Å². The van der Waals surface area contributed by atoms with Crippen LogP contribution in [0.2, 0.25) is 0 Å². The first-order valence-corrected chi connectivity index (χ1v) is 26.8. The Morgan fingerprint density at radius 2 is 1.00 bits per heavy atom. The second-order valence-corrected chi connectivity index (χ2v) is 18.6. The van der Waals surface area contributed by atoms with Gasteiger partial charge in [-0.25, -0.2) is 0 Å². The fourth-order valence-corrected chi connectivity index (χ4v) is 8.15. The summed E-state index contributed by atoms with van der Waals surface area (Å²) in [6.07, 6.45) is 42.2. The van der Waals surface area contributed by atoms with Crippen molar-refractivity contribution in [3.8, 4) is 0 Å². The van der Waals surface area contributed by atoms with Crippen LogP contribution in [-0.2, 0) is 23.8 Å². The summed E-state index contributed by atoms with van der Waals surface area (Å²) in [5.41, 5.74) is 0. The highest BCUT2D eigenvalue weighted by molar-refractivity contribution is 5.76. The fraction of sp³-hybridized carbons (Fsp3) is 0.852. The highest BCUT2D eigenvalue weighted by Crippen LogP contribution is 2.23. The maximum atomic E-state index is 13.0. The average molecular weight is 922 g/mol. The molecule has 11 nitrogen and oxygen atoms in total. The van der Waals surface area contributed by atoms with E-state index in [1.807, 2.05) is 6.08 Å². The van der Waals surface area contributed by atoms with Gasteiger partial charge in [0.25, 0.3) is 0 Å². The lowest BCUT2D eigenvalue weighted by atomic mass is 9.99. The van der Waals surface area contributed by atoms with E-state index in [-0.39, 0.29) is 18.5 Å². The lowest BCUT2D eigenvalue weighted by Crippen LogP contribution is -2.60. The predicted molar refractivity (Wildman–Crippen MR) is 264 cm³/mol. The van der Waals surface area contributed by atoms with E-state index in [0.29, 0.717) is 25.9 Å². The smallest absolute Gasteiger partial charge is 0.305 e. The normalized spacial score (nSPS) is 20.0. The van der Waals surface area contributed by atoms with Gasteiger partial charge in [-0.3, -0.25) is 9.59 Å². The van der Waals surface area contributed by atoms with Crippen LogP contribution < -0.4 is 5.32 Å². The van der Waals surface area contributed by atoms with Crippen LogP contribution in [0.3, 0.4) is 0 Å². The van der Waals surface area contributed by atoms with Gasteiger partial charge in [-0.15, -0.1) is 0 Å². The number of allylic oxidation sites excluding steroid dienone is 5. The van der Waals surface area contributed by atoms with Gasteiger partial charge in [0, 0.05) is 12.8 Å². The summed E-state index contributed by atoms with van der Waals surface area (Å²) in [5.74, 6) is -0.267. The van der Waals surface area contributed by atoms with E-state index in [1.165, 1.54) is 109 Å². The Labute approximate surface area is 396 Å². The summed E-state index contributed by atoms with van der Waals surface area (Å²) in [5, 5.41) is 54.2. The molecule has 1 aliphatic heterocycles. The molecule has 65 heavy (non-hydrogen) atoms. The van der Waals surface area contributed by atoms with Gasteiger partial charge >= 0.3 is 5.97 Å². The summed E-state index contributed by atoms with van der Waals surface area (Å²) in [7, 11) is 0. The second-order valence-electron chi connectivity index (χ2n) is 18.6. The zero-order valence-electron chi connectivity index (χ0n) is 41.4. The maximum Gasteiger partial charge on any atom is 0.305 e. The Kier molecular flexibility index (Phi) is 41.6. The van der Waals surface area contributed by atoms with Gasteiger partial charge in [-0.1, -0.05) is 179 Å². The summed E-state index contributed by atoms with van der Waals surface area (Å²) in [6.45, 7) is 4.22. The monoisotopic (exact) mass is 922 g/mol. The maximum absolute atomic E-state index is 13.0. The first-order chi connectivity index (χ1) is 31.7. The molecule has 0 spiro atoms. The van der Waals surface area contributed by atoms with E-state index in [0.717, 1.165) is 89.9 Å². The van der Waals surface area contributed by atoms with Gasteiger partial charge in [-0.2, -0.15) is 0 Å². The van der Waals surface area contributed by atoms with Crippen LogP contribution in [0, 0.1) is 0 Å². The van der Waals surface area contributed by atoms with Gasteiger partial charge in [-0.05, 0) is 77.0 Å². The molecule has 0 aromatic carbocycles. The van der Waals surface area contributed by atoms with Crippen LogP contribution in [0.1, 0.15) is 232 Å². The number of ether oxygens (including phenoxy) is 3. The Morgan fingerprint density at radius 1 is 0.554 bits per heavy atom. The number of carbonyl (C=O) groups excluding carboxylic acids is 2. The molecule has 1 rings (SSSR count). The number of amides is 1. The van der Waals surface area contributed by atoms with Crippen LogP contribution in [0.25, 0.3) is 0 Å². The van der Waals surface area contributed by atoms with Crippen molar-refractivity contribution in [1.82, 2.24) is 5.32 Å². The molecule has 0 aliphatic carbocycles. The molecular formula is C54H99NO10. The molecule has 7 atom stereocenters. The Morgan fingerprint density at radius 3 is 1.52 bits per heavy atom. The summed E-state index contributed by atoms with van der Waals surface area (Å²) in [6, 6.07) is -0.845. The number of rotatable bonds is 45. The second kappa shape index (κ2) is 44.4. The molecule has 1 heterocycles. The molecule has 11 heteroatoms. The van der Waals surface area contributed by atoms with Gasteiger partial charge in [0.15, 0.2) is 6.29 Å². The molecule has 0 radical (unpaired) electrons. The first kappa shape index (κ1) is 60.9. The molecule has 0 saturated carbocycles. The number of nitrogens with one attached hydrogen (secondary N) is 1. The van der Waals surface area contributed by atoms with E-state index in [9.17, 15) is 35.1 Å². The lowest BCUT2D eigenvalue weighted by molar-refractivity contribution is -0.302. The van der Waals surface area contributed by atoms with Crippen molar-refractivity contribution in [3.63, 3.8) is 0 Å². The van der Waals surface area contributed by atoms with Crippen LogP contribution >= 0.6 is 0 Å². The average Bonchev–Trinajstić information content (AvgIpc) is 3.30. The number of unbranched alkanes of at least 4 members (excludes halogenated alkanes) is 27. The van der Waals surface area contributed by atoms with E-state index in [4.69, 9.17) is 14.2 Å². The van der Waals surface area contributed by atoms with Crippen molar-refractivity contribution < 1.29 is 49.3 Å². The molecule has 380 valence electrons. The zero-order valence-corrected chi connectivity index (χ0v) is 41.4. The molecule has 0 bridgehead atoms. The number of hydrogen-bond acceptors (Lipinski definition) is 10. The summed E-state index contributed by atoms with van der Waals surface area (Å²) < 4.78 is 16.6. The van der Waals surface area contributed by atoms with Crippen molar-refractivity contribution in [2.45, 2.75) is 275 Å². The zero-order chi connectivity index (χ0) is 47.4. The standard InChI is InChI=1S/C54H99NO10/c1-3-5-7-9-11-13-15-16-17-21-24-28-32-36-40-47(57)46(45-64-54-53(62)52(61)51(60)48(44-56)65-54)55-49(58)41-37-33-29-25-22-18-19-23-27-31-35-39-43-63-50(59)42-38-34-30-26-20-14-12-10-8-6-4-2/h19,21,23-24,36,40,46-48,51-54,56-57,60-62H,3-18,20,22,25-35,37-39,41-45H2,1-2H3,(H,55,58)/b23-19-,24-21+,40-36+. The minimum atomic E-state index is -1.59. The molecule has 6 N–H and O–H groups in total. The number of hydrogen-bond donors (Lipinski definition) is 6. The largest absolute Gasteiger partial charge is 0.466 e. The molecular weight excluding hydrogens is 823 g/mol. The number of esters is 1. The first-order valence-electron chi connectivity index (χ1n) is 26.8. The van der Waals surface area contributed by atoms with Crippen molar-refractivity contribution >= 4 is 11.9 Å². The molecule has 1 aliphatic rings. The third-order valence-electron chi connectivity index (χ3n) is 12.5. The van der Waals surface area contributed by atoms with E-state index in [1.54, 1.807) is 6.08 Å². The molecule has 0 aromatic heterocycles. The summed E-state index contributed by atoms with van der Waals surface area (Å²) in [4.78, 5) is 25.0. The molecule has 0 aromatic rings. The molecule has 7 unspecified atom stereocenters. The number of aliphatic hydroxyl groups excluding tert-OH is 5. The van der Waals surface area contributed by atoms with Gasteiger partial charge < -0.3 is 45.1 Å². The van der Waals surface area contributed by atoms with E-state index < -0.39 is 49.5 Å². The van der Waals surface area contributed by atoms with Crippen LogP contribution in [-0.4, -0.2) is 100 Å². The number of aliphatic hydroxyl groups is 5. The Hall–Kier alpha value is -2.12. The quantitative estimate of drug-likeness (QED) is 0.0196. The van der Waals surface area contributed by atoms with Gasteiger partial charge in [0.05, 0.1) is 32.0 Å². The SMILES string of the molecule is CCCCCCCCCC/C=C/CC/C=C/C(O)C(COC1OC(CO)C(O)C(O)C1O)NC(=O)CCCCCCC/C=C\CCCCCOC(=O)CCCCCCCCCCCCC. The molecule has 1 saturated heterocycles. The lowest BCUT2D eigenvalue weighted by Gasteiger charge is -2.40. The summed E-state index contributed by atoms with van der Waals surface area (Å²) >= 11 is 0. The third kappa shape index (κ3) is 34.8. The van der Waals surface area contributed by atoms with Crippen molar-refractivity contribution in [2.24, 2.45) is 0 Å². The molecule has 1 amide bonds. The Bertz CT molecular complexity index is 1180. The van der Waals surface area contributed by atoms with Crippen LogP contribution in [0.4, 0.5) is 0 Å². The third-order valence-corrected chi connectivity index (χ3v) is 12.5. The minimum Gasteiger partial charge on any atom is -0.466 e. The molecule has 1 fully saturated rings. The highest BCUT2D eigenvalue weighted by Gasteiger charge is 2.44. The van der Waals surface area contributed by atoms with E-state index >= 15 is 0 Å². The van der Waals surface area contributed by atoms with Crippen LogP contribution in [0.15, 0.2) is 36.5 Å². The number of carbonyl (C=O) groups is 2. The van der Waals surface area contributed by atoms with Crippen LogP contribution in [0.5, 0.6) is 0 Å². The van der Waals surface area contributed by atoms with Crippen molar-refractivity contribution in [1.29, 1.82) is 0 Å². The topological polar surface area (TPSA) is 175 Å². The van der Waals surface area contributed by atoms with Gasteiger partial charge in [0.2, 0.25) is 5.91 Å². The Balaban J connectivity index is 2.25. The minimum absolute atomic E-state index is 0.0487. The predicted octanol–water partition coefficient (Wildman–Crippen LogP) is 11.2. The highest BCUT2D eigenvalue weighted by atomic mass is 16.7.